The normalized spacial score (nSPS) is 33.0. The van der Waals surface area contributed by atoms with Gasteiger partial charge in [0.15, 0.2) is 0 Å². The Balaban J connectivity index is 1.45. The molecule has 3 fully saturated rings. The topological polar surface area (TPSA) is 62.8 Å². The lowest BCUT2D eigenvalue weighted by atomic mass is 9.95. The number of rotatable bonds is 5. The summed E-state index contributed by atoms with van der Waals surface area (Å²) in [5, 5.41) is 6.09. The summed E-state index contributed by atoms with van der Waals surface area (Å²) in [5.74, 6) is 2.75. The van der Waals surface area contributed by atoms with Crippen LogP contribution in [0.25, 0.3) is 0 Å². The van der Waals surface area contributed by atoms with Gasteiger partial charge in [-0.25, -0.2) is 4.79 Å². The van der Waals surface area contributed by atoms with E-state index in [1.807, 2.05) is 11.8 Å². The van der Waals surface area contributed by atoms with Crippen molar-refractivity contribution in [3.05, 3.63) is 0 Å². The number of thioether (sulfide) groups is 1. The Bertz CT molecular complexity index is 365. The van der Waals surface area contributed by atoms with Gasteiger partial charge in [-0.15, -0.1) is 0 Å². The molecule has 0 aromatic heterocycles. The quantitative estimate of drug-likeness (QED) is 0.770. The molecule has 2 N–H and O–H groups in total. The van der Waals surface area contributed by atoms with E-state index in [1.54, 1.807) is 0 Å². The largest absolute Gasteiger partial charge is 0.381 e. The van der Waals surface area contributed by atoms with Gasteiger partial charge in [0.2, 0.25) is 0 Å². The van der Waals surface area contributed by atoms with Crippen LogP contribution in [-0.4, -0.2) is 80.6 Å². The summed E-state index contributed by atoms with van der Waals surface area (Å²) in [7, 11) is 0. The standard InChI is InChI=1S/C15H27N3O3S/c19-14(16-9-13-1-5-21-10-13)17-11-15(2-8-22-12-15)18-3-6-20-7-4-18/h13H,1-12H2,(H2,16,17,19)/t13-,15-/m1/s1. The van der Waals surface area contributed by atoms with Gasteiger partial charge in [0.1, 0.15) is 0 Å². The van der Waals surface area contributed by atoms with Crippen molar-refractivity contribution < 1.29 is 14.3 Å². The molecule has 3 saturated heterocycles. The summed E-state index contributed by atoms with van der Waals surface area (Å²) < 4.78 is 10.8. The zero-order valence-corrected chi connectivity index (χ0v) is 14.0. The van der Waals surface area contributed by atoms with Crippen molar-refractivity contribution in [1.82, 2.24) is 15.5 Å². The third kappa shape index (κ3) is 4.07. The highest BCUT2D eigenvalue weighted by atomic mass is 32.2. The Labute approximate surface area is 136 Å². The molecule has 7 heteroatoms. The molecule has 2 amide bonds. The predicted molar refractivity (Wildman–Crippen MR) is 87.4 cm³/mol. The fourth-order valence-corrected chi connectivity index (χ4v) is 4.90. The first kappa shape index (κ1) is 16.4. The molecule has 0 saturated carbocycles. The van der Waals surface area contributed by atoms with Crippen molar-refractivity contribution in [2.75, 3.05) is 64.1 Å². The molecule has 0 radical (unpaired) electrons. The van der Waals surface area contributed by atoms with Crippen LogP contribution in [0, 0.1) is 5.92 Å². The van der Waals surface area contributed by atoms with Gasteiger partial charge in [0.05, 0.1) is 19.8 Å². The zero-order valence-electron chi connectivity index (χ0n) is 13.1. The maximum absolute atomic E-state index is 12.1. The number of carbonyl (C=O) groups is 1. The number of hydrogen-bond donors (Lipinski definition) is 2. The molecule has 6 nitrogen and oxygen atoms in total. The Morgan fingerprint density at radius 2 is 2.09 bits per heavy atom. The van der Waals surface area contributed by atoms with Gasteiger partial charge in [-0.2, -0.15) is 11.8 Å². The summed E-state index contributed by atoms with van der Waals surface area (Å²) in [6.45, 7) is 6.60. The summed E-state index contributed by atoms with van der Waals surface area (Å²) in [5.41, 5.74) is 0.113. The molecular weight excluding hydrogens is 302 g/mol. The molecule has 3 heterocycles. The van der Waals surface area contributed by atoms with E-state index in [4.69, 9.17) is 9.47 Å². The minimum absolute atomic E-state index is 0.0450. The molecule has 0 spiro atoms. The van der Waals surface area contributed by atoms with E-state index in [0.717, 1.165) is 64.7 Å². The first-order valence-corrected chi connectivity index (χ1v) is 9.44. The van der Waals surface area contributed by atoms with Gasteiger partial charge < -0.3 is 20.1 Å². The summed E-state index contributed by atoms with van der Waals surface area (Å²) in [6.07, 6.45) is 2.20. The highest BCUT2D eigenvalue weighted by Crippen LogP contribution is 2.33. The third-order valence-electron chi connectivity index (χ3n) is 4.92. The van der Waals surface area contributed by atoms with Crippen LogP contribution in [0.3, 0.4) is 0 Å². The Morgan fingerprint density at radius 1 is 1.23 bits per heavy atom. The number of amides is 2. The number of nitrogens with zero attached hydrogens (tertiary/aromatic N) is 1. The molecule has 0 unspecified atom stereocenters. The van der Waals surface area contributed by atoms with Crippen molar-refractivity contribution in [1.29, 1.82) is 0 Å². The first-order chi connectivity index (χ1) is 10.8. The number of carbonyl (C=O) groups excluding carboxylic acids is 1. The van der Waals surface area contributed by atoms with E-state index in [0.29, 0.717) is 12.5 Å². The molecule has 0 aliphatic carbocycles. The van der Waals surface area contributed by atoms with Crippen molar-refractivity contribution in [2.24, 2.45) is 5.92 Å². The van der Waals surface area contributed by atoms with E-state index in [-0.39, 0.29) is 11.6 Å². The molecule has 2 atom stereocenters. The molecule has 3 aliphatic rings. The molecule has 3 aliphatic heterocycles. The summed E-state index contributed by atoms with van der Waals surface area (Å²) in [6, 6.07) is -0.0450. The molecule has 22 heavy (non-hydrogen) atoms. The second-order valence-corrected chi connectivity index (χ2v) is 7.52. The van der Waals surface area contributed by atoms with E-state index >= 15 is 0 Å². The fraction of sp³-hybridized carbons (Fsp3) is 0.933. The van der Waals surface area contributed by atoms with Gasteiger partial charge in [-0.1, -0.05) is 0 Å². The van der Waals surface area contributed by atoms with Crippen LogP contribution >= 0.6 is 11.8 Å². The van der Waals surface area contributed by atoms with E-state index in [9.17, 15) is 4.79 Å². The summed E-state index contributed by atoms with van der Waals surface area (Å²) in [4.78, 5) is 14.6. The second-order valence-electron chi connectivity index (χ2n) is 6.42. The highest BCUT2D eigenvalue weighted by Gasteiger charge is 2.40. The zero-order chi connectivity index (χ0) is 15.3. The van der Waals surface area contributed by atoms with Crippen LogP contribution in [0.2, 0.25) is 0 Å². The van der Waals surface area contributed by atoms with E-state index in [1.165, 1.54) is 5.75 Å². The SMILES string of the molecule is O=C(NC[C@H]1CCOC1)NC[C@]1(N2CCOCC2)CCSC1. The van der Waals surface area contributed by atoms with E-state index < -0.39 is 0 Å². The highest BCUT2D eigenvalue weighted by molar-refractivity contribution is 7.99. The number of hydrogen-bond acceptors (Lipinski definition) is 5. The van der Waals surface area contributed by atoms with Crippen molar-refractivity contribution in [3.8, 4) is 0 Å². The van der Waals surface area contributed by atoms with Crippen LogP contribution in [0.5, 0.6) is 0 Å². The predicted octanol–water partition coefficient (Wildman–Crippen LogP) is 0.530. The minimum atomic E-state index is -0.0450. The molecular formula is C15H27N3O3S. The van der Waals surface area contributed by atoms with Crippen LogP contribution in [0.4, 0.5) is 4.79 Å². The van der Waals surface area contributed by atoms with Crippen molar-refractivity contribution in [3.63, 3.8) is 0 Å². The van der Waals surface area contributed by atoms with Gasteiger partial charge in [0, 0.05) is 50.0 Å². The smallest absolute Gasteiger partial charge is 0.314 e. The monoisotopic (exact) mass is 329 g/mol. The molecule has 0 aromatic carbocycles. The van der Waals surface area contributed by atoms with Crippen molar-refractivity contribution >= 4 is 17.8 Å². The third-order valence-corrected chi connectivity index (χ3v) is 6.15. The lowest BCUT2D eigenvalue weighted by molar-refractivity contribution is -0.0124. The van der Waals surface area contributed by atoms with Gasteiger partial charge in [-0.3, -0.25) is 4.90 Å². The van der Waals surface area contributed by atoms with Crippen LogP contribution < -0.4 is 10.6 Å². The number of urea groups is 1. The minimum Gasteiger partial charge on any atom is -0.381 e. The van der Waals surface area contributed by atoms with Crippen LogP contribution in [-0.2, 0) is 9.47 Å². The van der Waals surface area contributed by atoms with Gasteiger partial charge in [0.25, 0.3) is 0 Å². The number of nitrogens with one attached hydrogen (secondary N) is 2. The first-order valence-electron chi connectivity index (χ1n) is 8.28. The number of morpholine rings is 1. The van der Waals surface area contributed by atoms with E-state index in [2.05, 4.69) is 15.5 Å². The average Bonchev–Trinajstić information content (AvgIpc) is 3.24. The molecule has 0 aromatic rings. The number of ether oxygens (including phenoxy) is 2. The van der Waals surface area contributed by atoms with Crippen LogP contribution in [0.1, 0.15) is 12.8 Å². The lowest BCUT2D eigenvalue weighted by Gasteiger charge is -2.43. The Kier molecular flexibility index (Phi) is 5.84. The Hall–Kier alpha value is -0.500. The Morgan fingerprint density at radius 3 is 2.77 bits per heavy atom. The fourth-order valence-electron chi connectivity index (χ4n) is 3.42. The van der Waals surface area contributed by atoms with Gasteiger partial charge in [-0.05, 0) is 18.6 Å². The molecule has 0 bridgehead atoms. The molecule has 126 valence electrons. The van der Waals surface area contributed by atoms with Gasteiger partial charge >= 0.3 is 6.03 Å². The maximum atomic E-state index is 12.1. The molecule has 3 rings (SSSR count). The summed E-state index contributed by atoms with van der Waals surface area (Å²) >= 11 is 1.99. The average molecular weight is 329 g/mol. The van der Waals surface area contributed by atoms with Crippen molar-refractivity contribution in [2.45, 2.75) is 18.4 Å². The lowest BCUT2D eigenvalue weighted by Crippen LogP contribution is -2.60. The second kappa shape index (κ2) is 7.86. The van der Waals surface area contributed by atoms with Crippen LogP contribution in [0.15, 0.2) is 0 Å². The maximum Gasteiger partial charge on any atom is 0.314 e.